The van der Waals surface area contributed by atoms with Gasteiger partial charge in [-0.25, -0.2) is 9.97 Å². The lowest BCUT2D eigenvalue weighted by atomic mass is 10.2. The second kappa shape index (κ2) is 4.51. The fourth-order valence-corrected chi connectivity index (χ4v) is 2.56. The Morgan fingerprint density at radius 2 is 2.11 bits per heavy atom. The lowest BCUT2D eigenvalue weighted by molar-refractivity contribution is 1.30. The number of rotatable bonds is 1. The summed E-state index contributed by atoms with van der Waals surface area (Å²) in [6, 6.07) is 7.80. The van der Waals surface area contributed by atoms with E-state index in [1.165, 1.54) is 0 Å². The Morgan fingerprint density at radius 1 is 1.28 bits per heavy atom. The van der Waals surface area contributed by atoms with E-state index in [9.17, 15) is 0 Å². The van der Waals surface area contributed by atoms with Gasteiger partial charge in [-0.15, -0.1) is 0 Å². The van der Waals surface area contributed by atoms with Crippen LogP contribution in [0.3, 0.4) is 0 Å². The van der Waals surface area contributed by atoms with Crippen molar-refractivity contribution in [2.45, 2.75) is 0 Å². The number of nitrogen functional groups attached to an aromatic ring is 1. The number of halogens is 2. The first-order valence-electron chi connectivity index (χ1n) is 5.20. The highest BCUT2D eigenvalue weighted by atomic mass is 127. The van der Waals surface area contributed by atoms with Crippen LogP contribution in [0.5, 0.6) is 0 Å². The topological polar surface area (TPSA) is 67.6 Å². The van der Waals surface area contributed by atoms with Crippen molar-refractivity contribution in [3.8, 4) is 11.4 Å². The van der Waals surface area contributed by atoms with Crippen LogP contribution in [0, 0.1) is 3.57 Å². The van der Waals surface area contributed by atoms with E-state index in [4.69, 9.17) is 5.73 Å². The average Bonchev–Trinajstić information content (AvgIpc) is 2.74. The zero-order valence-electron chi connectivity index (χ0n) is 9.11. The summed E-state index contributed by atoms with van der Waals surface area (Å²) < 4.78 is 2.03. The Labute approximate surface area is 125 Å². The van der Waals surface area contributed by atoms with Crippen LogP contribution in [-0.2, 0) is 0 Å². The number of nitrogens with two attached hydrogens (primary N) is 1. The number of nitrogens with zero attached hydrogens (tertiary/aromatic N) is 2. The number of anilines is 1. The molecule has 0 aliphatic rings. The Balaban J connectivity index is 2.22. The first kappa shape index (κ1) is 11.9. The highest BCUT2D eigenvalue weighted by molar-refractivity contribution is 14.1. The second-order valence-corrected chi connectivity index (χ2v) is 6.00. The second-order valence-electron chi connectivity index (χ2n) is 3.84. The van der Waals surface area contributed by atoms with E-state index >= 15 is 0 Å². The van der Waals surface area contributed by atoms with E-state index in [0.29, 0.717) is 11.3 Å². The quantitative estimate of drug-likeness (QED) is 0.472. The van der Waals surface area contributed by atoms with Crippen LogP contribution in [0.4, 0.5) is 5.69 Å². The molecule has 90 valence electrons. The number of H-pyrrole nitrogens is 1. The number of pyridine rings is 1. The summed E-state index contributed by atoms with van der Waals surface area (Å²) >= 11 is 5.64. The fraction of sp³-hybridized carbons (Fsp3) is 0. The molecule has 0 amide bonds. The molecule has 0 bridgehead atoms. The summed E-state index contributed by atoms with van der Waals surface area (Å²) in [6.45, 7) is 0. The number of hydrogen-bond donors (Lipinski definition) is 2. The fourth-order valence-electron chi connectivity index (χ4n) is 1.74. The minimum absolute atomic E-state index is 0.687. The van der Waals surface area contributed by atoms with Crippen LogP contribution >= 0.6 is 38.5 Å². The van der Waals surface area contributed by atoms with E-state index in [0.717, 1.165) is 24.9 Å². The number of imidazole rings is 1. The molecule has 4 nitrogen and oxygen atoms in total. The van der Waals surface area contributed by atoms with Crippen molar-refractivity contribution < 1.29 is 0 Å². The largest absolute Gasteiger partial charge is 0.398 e. The molecule has 1 aromatic carbocycles. The van der Waals surface area contributed by atoms with Crippen molar-refractivity contribution in [3.05, 3.63) is 38.5 Å². The van der Waals surface area contributed by atoms with Crippen molar-refractivity contribution in [2.24, 2.45) is 0 Å². The van der Waals surface area contributed by atoms with Crippen LogP contribution in [-0.4, -0.2) is 15.0 Å². The number of hydrogen-bond acceptors (Lipinski definition) is 3. The first-order valence-corrected chi connectivity index (χ1v) is 7.07. The highest BCUT2D eigenvalue weighted by Gasteiger charge is 2.09. The van der Waals surface area contributed by atoms with E-state index < -0.39 is 0 Å². The van der Waals surface area contributed by atoms with Gasteiger partial charge in [0.25, 0.3) is 0 Å². The van der Waals surface area contributed by atoms with Crippen LogP contribution in [0.15, 0.2) is 34.9 Å². The minimum atomic E-state index is 0.687. The van der Waals surface area contributed by atoms with Crippen molar-refractivity contribution in [1.29, 1.82) is 0 Å². The van der Waals surface area contributed by atoms with E-state index in [-0.39, 0.29) is 0 Å². The molecule has 3 aromatic rings. The van der Waals surface area contributed by atoms with Gasteiger partial charge >= 0.3 is 0 Å². The summed E-state index contributed by atoms with van der Waals surface area (Å²) in [4.78, 5) is 11.9. The molecule has 2 aromatic heterocycles. The molecule has 0 saturated carbocycles. The Morgan fingerprint density at radius 3 is 2.94 bits per heavy atom. The molecule has 0 atom stereocenters. The normalized spacial score (nSPS) is 11.0. The Kier molecular flexibility index (Phi) is 2.98. The molecule has 3 rings (SSSR count). The van der Waals surface area contributed by atoms with Crippen LogP contribution in [0.1, 0.15) is 0 Å². The SMILES string of the molecule is Nc1ccc(I)cc1-c1nc2ncc(Br)cc2[nH]1. The maximum absolute atomic E-state index is 5.98. The molecule has 0 unspecified atom stereocenters. The molecule has 0 fully saturated rings. The van der Waals surface area contributed by atoms with Crippen molar-refractivity contribution in [2.75, 3.05) is 5.73 Å². The number of nitrogens with one attached hydrogen (secondary N) is 1. The number of aromatic nitrogens is 3. The Hall–Kier alpha value is -1.15. The molecular weight excluding hydrogens is 407 g/mol. The maximum Gasteiger partial charge on any atom is 0.178 e. The van der Waals surface area contributed by atoms with Gasteiger partial charge in [0.15, 0.2) is 5.65 Å². The van der Waals surface area contributed by atoms with Crippen LogP contribution in [0.2, 0.25) is 0 Å². The van der Waals surface area contributed by atoms with Gasteiger partial charge in [-0.1, -0.05) is 0 Å². The molecule has 18 heavy (non-hydrogen) atoms. The number of fused-ring (bicyclic) bond motifs is 1. The highest BCUT2D eigenvalue weighted by Crippen LogP contribution is 2.27. The monoisotopic (exact) mass is 414 g/mol. The van der Waals surface area contributed by atoms with Crippen molar-refractivity contribution in [1.82, 2.24) is 15.0 Å². The molecule has 0 saturated heterocycles. The van der Waals surface area contributed by atoms with Gasteiger partial charge in [0, 0.05) is 25.5 Å². The van der Waals surface area contributed by atoms with E-state index in [1.807, 2.05) is 24.3 Å². The number of benzene rings is 1. The summed E-state index contributed by atoms with van der Waals surface area (Å²) in [7, 11) is 0. The molecule has 0 aliphatic heterocycles. The molecule has 3 N–H and O–H groups in total. The summed E-state index contributed by atoms with van der Waals surface area (Å²) in [5.41, 5.74) is 9.15. The third-order valence-electron chi connectivity index (χ3n) is 2.57. The van der Waals surface area contributed by atoms with Crippen molar-refractivity contribution in [3.63, 3.8) is 0 Å². The molecule has 0 aliphatic carbocycles. The zero-order valence-corrected chi connectivity index (χ0v) is 12.9. The molecule has 2 heterocycles. The van der Waals surface area contributed by atoms with Gasteiger partial charge in [0.05, 0.1) is 5.52 Å². The average molecular weight is 415 g/mol. The standard InChI is InChI=1S/C12H8BrIN4/c13-6-3-10-12(16-5-6)18-11(17-10)8-4-7(14)1-2-9(8)15/h1-5H,15H2,(H,16,17,18). The van der Waals surface area contributed by atoms with Gasteiger partial charge in [-0.3, -0.25) is 0 Å². The van der Waals surface area contributed by atoms with Crippen LogP contribution < -0.4 is 5.73 Å². The maximum atomic E-state index is 5.98. The first-order chi connectivity index (χ1) is 8.63. The Bertz CT molecular complexity index is 738. The summed E-state index contributed by atoms with van der Waals surface area (Å²) in [5, 5.41) is 0. The van der Waals surface area contributed by atoms with Gasteiger partial charge in [0.1, 0.15) is 5.82 Å². The third-order valence-corrected chi connectivity index (χ3v) is 3.68. The minimum Gasteiger partial charge on any atom is -0.398 e. The molecule has 6 heteroatoms. The van der Waals surface area contributed by atoms with E-state index in [1.54, 1.807) is 6.20 Å². The zero-order chi connectivity index (χ0) is 12.7. The van der Waals surface area contributed by atoms with E-state index in [2.05, 4.69) is 53.5 Å². The smallest absolute Gasteiger partial charge is 0.178 e. The van der Waals surface area contributed by atoms with Crippen molar-refractivity contribution >= 4 is 55.4 Å². The van der Waals surface area contributed by atoms with Crippen LogP contribution in [0.25, 0.3) is 22.6 Å². The predicted molar refractivity (Wildman–Crippen MR) is 84.2 cm³/mol. The van der Waals surface area contributed by atoms with Gasteiger partial charge in [-0.2, -0.15) is 0 Å². The van der Waals surface area contributed by atoms with Gasteiger partial charge in [-0.05, 0) is 62.8 Å². The van der Waals surface area contributed by atoms with Gasteiger partial charge in [0.2, 0.25) is 0 Å². The third kappa shape index (κ3) is 2.10. The number of aromatic amines is 1. The molecular formula is C12H8BrIN4. The molecule has 0 spiro atoms. The van der Waals surface area contributed by atoms with Gasteiger partial charge < -0.3 is 10.7 Å². The predicted octanol–water partition coefficient (Wildman–Crippen LogP) is 3.57. The molecule has 0 radical (unpaired) electrons. The lowest BCUT2D eigenvalue weighted by Crippen LogP contribution is -1.91. The summed E-state index contributed by atoms with van der Waals surface area (Å²) in [6.07, 6.45) is 1.73. The summed E-state index contributed by atoms with van der Waals surface area (Å²) in [5.74, 6) is 0.742. The lowest BCUT2D eigenvalue weighted by Gasteiger charge is -2.02.